The molecule has 3 rings (SSSR count). The maximum Gasteiger partial charge on any atom is 0.240 e. The highest BCUT2D eigenvalue weighted by Gasteiger charge is 2.13. The van der Waals surface area contributed by atoms with Crippen LogP contribution in [0.15, 0.2) is 71.6 Å². The fraction of sp³-hybridized carbons (Fsp3) is 0.182. The molecular formula is C22H21ClFNO3S. The Bertz CT molecular complexity index is 1070. The Morgan fingerprint density at radius 1 is 0.931 bits per heavy atom. The van der Waals surface area contributed by atoms with Crippen molar-refractivity contribution >= 4 is 21.6 Å². The summed E-state index contributed by atoms with van der Waals surface area (Å²) < 4.78 is 46.2. The molecule has 0 bridgehead atoms. The SMILES string of the molecule is CCc1ccc(S(=O)(=O)NCCc2ccc(Oc3ccc(F)c(Cl)c3)cc2)cc1. The number of rotatable bonds is 8. The van der Waals surface area contributed by atoms with Crippen LogP contribution in [0.5, 0.6) is 11.5 Å². The van der Waals surface area contributed by atoms with E-state index < -0.39 is 15.8 Å². The molecule has 0 saturated heterocycles. The van der Waals surface area contributed by atoms with Crippen molar-refractivity contribution in [3.8, 4) is 11.5 Å². The highest BCUT2D eigenvalue weighted by Crippen LogP contribution is 2.26. The lowest BCUT2D eigenvalue weighted by molar-refractivity contribution is 0.480. The number of nitrogens with one attached hydrogen (secondary N) is 1. The molecule has 0 aliphatic carbocycles. The minimum Gasteiger partial charge on any atom is -0.457 e. The van der Waals surface area contributed by atoms with Gasteiger partial charge < -0.3 is 4.74 Å². The third-order valence-corrected chi connectivity index (χ3v) is 6.16. The molecule has 3 aromatic carbocycles. The van der Waals surface area contributed by atoms with Crippen LogP contribution in [0.1, 0.15) is 18.1 Å². The van der Waals surface area contributed by atoms with E-state index in [1.165, 1.54) is 18.2 Å². The van der Waals surface area contributed by atoms with Gasteiger partial charge in [-0.05, 0) is 60.4 Å². The molecule has 0 spiro atoms. The normalized spacial score (nSPS) is 11.4. The summed E-state index contributed by atoms with van der Waals surface area (Å²) in [6.07, 6.45) is 1.40. The number of sulfonamides is 1. The first-order valence-corrected chi connectivity index (χ1v) is 11.0. The van der Waals surface area contributed by atoms with E-state index in [2.05, 4.69) is 4.72 Å². The lowest BCUT2D eigenvalue weighted by atomic mass is 10.1. The summed E-state index contributed by atoms with van der Waals surface area (Å²) in [5.74, 6) is 0.511. The molecule has 0 amide bonds. The number of hydrogen-bond acceptors (Lipinski definition) is 3. The summed E-state index contributed by atoms with van der Waals surface area (Å²) in [7, 11) is -3.53. The van der Waals surface area contributed by atoms with Crippen molar-refractivity contribution in [1.29, 1.82) is 0 Å². The summed E-state index contributed by atoms with van der Waals surface area (Å²) in [6.45, 7) is 2.30. The molecule has 0 aliphatic heterocycles. The Morgan fingerprint density at radius 3 is 2.17 bits per heavy atom. The molecule has 152 valence electrons. The molecule has 0 fully saturated rings. The van der Waals surface area contributed by atoms with Crippen molar-refractivity contribution in [2.24, 2.45) is 0 Å². The van der Waals surface area contributed by atoms with Crippen molar-refractivity contribution in [1.82, 2.24) is 4.72 Å². The molecule has 0 unspecified atom stereocenters. The van der Waals surface area contributed by atoms with Gasteiger partial charge >= 0.3 is 0 Å². The summed E-state index contributed by atoms with van der Waals surface area (Å²) in [5.41, 5.74) is 2.05. The smallest absolute Gasteiger partial charge is 0.240 e. The first-order chi connectivity index (χ1) is 13.9. The van der Waals surface area contributed by atoms with Gasteiger partial charge in [0.1, 0.15) is 17.3 Å². The number of aryl methyl sites for hydroxylation is 1. The lowest BCUT2D eigenvalue weighted by Gasteiger charge is -2.09. The Balaban J connectivity index is 1.55. The third-order valence-electron chi connectivity index (χ3n) is 4.40. The van der Waals surface area contributed by atoms with Crippen molar-refractivity contribution in [2.75, 3.05) is 6.54 Å². The topological polar surface area (TPSA) is 55.4 Å². The van der Waals surface area contributed by atoms with E-state index in [1.54, 1.807) is 24.3 Å². The van der Waals surface area contributed by atoms with Gasteiger partial charge in [0.15, 0.2) is 0 Å². The van der Waals surface area contributed by atoms with Gasteiger partial charge in [-0.15, -0.1) is 0 Å². The van der Waals surface area contributed by atoms with Gasteiger partial charge in [0, 0.05) is 12.6 Å². The highest BCUT2D eigenvalue weighted by atomic mass is 35.5. The average molecular weight is 434 g/mol. The van der Waals surface area contributed by atoms with Gasteiger partial charge in [0.2, 0.25) is 10.0 Å². The minimum absolute atomic E-state index is 0.00395. The van der Waals surface area contributed by atoms with Crippen LogP contribution in [0.3, 0.4) is 0 Å². The van der Waals surface area contributed by atoms with Crippen molar-refractivity contribution in [3.05, 3.63) is 88.7 Å². The molecule has 0 aromatic heterocycles. The molecule has 29 heavy (non-hydrogen) atoms. The zero-order chi connectivity index (χ0) is 20.9. The Morgan fingerprint density at radius 2 is 1.55 bits per heavy atom. The Hall–Kier alpha value is -2.41. The summed E-state index contributed by atoms with van der Waals surface area (Å²) >= 11 is 5.75. The van der Waals surface area contributed by atoms with Crippen LogP contribution in [0.25, 0.3) is 0 Å². The molecule has 3 aromatic rings. The fourth-order valence-electron chi connectivity index (χ4n) is 2.72. The fourth-order valence-corrected chi connectivity index (χ4v) is 3.92. The van der Waals surface area contributed by atoms with Gasteiger partial charge in [0.25, 0.3) is 0 Å². The van der Waals surface area contributed by atoms with E-state index in [1.807, 2.05) is 31.2 Å². The second kappa shape index (κ2) is 9.39. The number of halogens is 2. The van der Waals surface area contributed by atoms with Crippen LogP contribution in [-0.2, 0) is 22.9 Å². The Labute approximate surface area is 175 Å². The molecule has 4 nitrogen and oxygen atoms in total. The maximum absolute atomic E-state index is 13.2. The van der Waals surface area contributed by atoms with Crippen molar-refractivity contribution < 1.29 is 17.5 Å². The first kappa shape index (κ1) is 21.3. The van der Waals surface area contributed by atoms with E-state index >= 15 is 0 Å². The molecule has 0 aliphatic rings. The second-order valence-corrected chi connectivity index (χ2v) is 8.64. The van der Waals surface area contributed by atoms with Gasteiger partial charge in [-0.2, -0.15) is 0 Å². The van der Waals surface area contributed by atoms with Gasteiger partial charge in [0.05, 0.1) is 9.92 Å². The van der Waals surface area contributed by atoms with Crippen LogP contribution in [0, 0.1) is 5.82 Å². The zero-order valence-corrected chi connectivity index (χ0v) is 17.4. The van der Waals surface area contributed by atoms with Crippen LogP contribution in [0.4, 0.5) is 4.39 Å². The molecule has 0 radical (unpaired) electrons. The van der Waals surface area contributed by atoms with E-state index in [9.17, 15) is 12.8 Å². The van der Waals surface area contributed by atoms with E-state index in [0.717, 1.165) is 17.5 Å². The van der Waals surface area contributed by atoms with E-state index in [4.69, 9.17) is 16.3 Å². The summed E-state index contributed by atoms with van der Waals surface area (Å²) in [6, 6.07) is 18.3. The van der Waals surface area contributed by atoms with Gasteiger partial charge in [-0.25, -0.2) is 17.5 Å². The van der Waals surface area contributed by atoms with E-state index in [-0.39, 0.29) is 16.5 Å². The molecule has 0 atom stereocenters. The van der Waals surface area contributed by atoms with E-state index in [0.29, 0.717) is 17.9 Å². The standard InChI is InChI=1S/C22H21ClFNO3S/c1-2-16-5-10-20(11-6-16)29(26,27)25-14-13-17-3-7-18(8-4-17)28-19-9-12-22(24)21(23)15-19/h3-12,15,25H,2,13-14H2,1H3. The molecule has 0 heterocycles. The molecule has 1 N–H and O–H groups in total. The first-order valence-electron chi connectivity index (χ1n) is 9.18. The summed E-state index contributed by atoms with van der Waals surface area (Å²) in [4.78, 5) is 0.261. The Kier molecular flexibility index (Phi) is 6.90. The van der Waals surface area contributed by atoms with Crippen LogP contribution in [-0.4, -0.2) is 15.0 Å². The largest absolute Gasteiger partial charge is 0.457 e. The quantitative estimate of drug-likeness (QED) is 0.520. The lowest BCUT2D eigenvalue weighted by Crippen LogP contribution is -2.26. The average Bonchev–Trinajstić information content (AvgIpc) is 2.72. The highest BCUT2D eigenvalue weighted by molar-refractivity contribution is 7.89. The second-order valence-electron chi connectivity index (χ2n) is 6.47. The third kappa shape index (κ3) is 5.79. The van der Waals surface area contributed by atoms with Crippen LogP contribution < -0.4 is 9.46 Å². The predicted octanol–water partition coefficient (Wildman–Crippen LogP) is 5.35. The maximum atomic E-state index is 13.2. The monoisotopic (exact) mass is 433 g/mol. The van der Waals surface area contributed by atoms with Crippen molar-refractivity contribution in [3.63, 3.8) is 0 Å². The van der Waals surface area contributed by atoms with Gasteiger partial charge in [-0.3, -0.25) is 0 Å². The number of benzene rings is 3. The minimum atomic E-state index is -3.53. The summed E-state index contributed by atoms with van der Waals surface area (Å²) in [5, 5.41) is -0.00395. The number of ether oxygens (including phenoxy) is 1. The molecule has 0 saturated carbocycles. The van der Waals surface area contributed by atoms with Gasteiger partial charge in [-0.1, -0.05) is 42.8 Å². The predicted molar refractivity (Wildman–Crippen MR) is 113 cm³/mol. The van der Waals surface area contributed by atoms with Crippen LogP contribution in [0.2, 0.25) is 5.02 Å². The van der Waals surface area contributed by atoms with Crippen LogP contribution >= 0.6 is 11.6 Å². The molecular weight excluding hydrogens is 413 g/mol. The number of hydrogen-bond donors (Lipinski definition) is 1. The molecule has 7 heteroatoms. The van der Waals surface area contributed by atoms with Crippen molar-refractivity contribution in [2.45, 2.75) is 24.7 Å². The zero-order valence-electron chi connectivity index (χ0n) is 15.9.